The van der Waals surface area contributed by atoms with Gasteiger partial charge in [0.2, 0.25) is 0 Å². The van der Waals surface area contributed by atoms with Gasteiger partial charge in [-0.05, 0) is 50.1 Å². The molecule has 112 valence electrons. The highest BCUT2D eigenvalue weighted by molar-refractivity contribution is 7.15. The molecule has 0 spiro atoms. The highest BCUT2D eigenvalue weighted by atomic mass is 35.5. The summed E-state index contributed by atoms with van der Waals surface area (Å²) in [6.07, 6.45) is 1.02. The topological polar surface area (TPSA) is 29.9 Å². The number of rotatable bonds is 2. The Morgan fingerprint density at radius 1 is 1.23 bits per heavy atom. The van der Waals surface area contributed by atoms with Gasteiger partial charge in [-0.3, -0.25) is 0 Å². The molecule has 0 atom stereocenters. The molecule has 1 aliphatic heterocycles. The Labute approximate surface area is 138 Å². The number of thiophene rings is 1. The maximum atomic E-state index is 6.28. The third-order valence-electron chi connectivity index (χ3n) is 4.02. The number of hydrogen-bond donors (Lipinski definition) is 1. The van der Waals surface area contributed by atoms with Gasteiger partial charge < -0.3 is 5.32 Å². The van der Waals surface area contributed by atoms with Crippen LogP contribution in [0.15, 0.2) is 30.3 Å². The van der Waals surface area contributed by atoms with Gasteiger partial charge >= 0.3 is 0 Å². The zero-order chi connectivity index (χ0) is 15.3. The molecule has 1 aliphatic rings. The SMILES string of the molecule is Cc1ccc(-c2nn(-c3ccc(C)c(Cl)c3)c3c2CCN3)s1. The van der Waals surface area contributed by atoms with Crippen molar-refractivity contribution in [1.29, 1.82) is 0 Å². The molecule has 2 aromatic heterocycles. The zero-order valence-corrected chi connectivity index (χ0v) is 14.1. The van der Waals surface area contributed by atoms with Crippen LogP contribution in [-0.4, -0.2) is 16.3 Å². The molecule has 3 heterocycles. The van der Waals surface area contributed by atoms with E-state index in [2.05, 4.69) is 30.4 Å². The predicted molar refractivity (Wildman–Crippen MR) is 93.6 cm³/mol. The van der Waals surface area contributed by atoms with E-state index in [0.717, 1.165) is 40.8 Å². The Kier molecular flexibility index (Phi) is 3.24. The van der Waals surface area contributed by atoms with Crippen LogP contribution in [0.5, 0.6) is 0 Å². The summed E-state index contributed by atoms with van der Waals surface area (Å²) < 4.78 is 1.98. The highest BCUT2D eigenvalue weighted by Crippen LogP contribution is 2.37. The van der Waals surface area contributed by atoms with Crippen LogP contribution >= 0.6 is 22.9 Å². The number of aromatic nitrogens is 2. The van der Waals surface area contributed by atoms with Crippen LogP contribution in [0.25, 0.3) is 16.3 Å². The molecular formula is C17H16ClN3S. The van der Waals surface area contributed by atoms with E-state index in [1.165, 1.54) is 15.3 Å². The van der Waals surface area contributed by atoms with Gasteiger partial charge in [-0.1, -0.05) is 17.7 Å². The second-order valence-electron chi connectivity index (χ2n) is 5.61. The summed E-state index contributed by atoms with van der Waals surface area (Å²) in [6.45, 7) is 5.10. The van der Waals surface area contributed by atoms with E-state index in [1.807, 2.05) is 23.7 Å². The molecule has 22 heavy (non-hydrogen) atoms. The zero-order valence-electron chi connectivity index (χ0n) is 12.5. The Morgan fingerprint density at radius 2 is 2.09 bits per heavy atom. The Morgan fingerprint density at radius 3 is 2.82 bits per heavy atom. The quantitative estimate of drug-likeness (QED) is 0.729. The molecule has 0 radical (unpaired) electrons. The molecule has 3 aromatic rings. The van der Waals surface area contributed by atoms with Crippen LogP contribution in [-0.2, 0) is 6.42 Å². The highest BCUT2D eigenvalue weighted by Gasteiger charge is 2.24. The molecule has 0 fully saturated rings. The van der Waals surface area contributed by atoms with Gasteiger partial charge in [-0.15, -0.1) is 11.3 Å². The smallest absolute Gasteiger partial charge is 0.133 e. The van der Waals surface area contributed by atoms with E-state index in [-0.39, 0.29) is 0 Å². The molecule has 0 amide bonds. The van der Waals surface area contributed by atoms with Crippen LogP contribution < -0.4 is 5.32 Å². The van der Waals surface area contributed by atoms with Crippen molar-refractivity contribution in [1.82, 2.24) is 9.78 Å². The number of hydrogen-bond acceptors (Lipinski definition) is 3. The van der Waals surface area contributed by atoms with Crippen molar-refractivity contribution in [3.05, 3.63) is 51.4 Å². The lowest BCUT2D eigenvalue weighted by Gasteiger charge is -2.08. The monoisotopic (exact) mass is 329 g/mol. The lowest BCUT2D eigenvalue weighted by Crippen LogP contribution is -2.04. The normalized spacial score (nSPS) is 13.2. The van der Waals surface area contributed by atoms with Crippen LogP contribution in [0.4, 0.5) is 5.82 Å². The lowest BCUT2D eigenvalue weighted by molar-refractivity contribution is 0.883. The maximum Gasteiger partial charge on any atom is 0.133 e. The second-order valence-corrected chi connectivity index (χ2v) is 7.30. The van der Waals surface area contributed by atoms with E-state index in [4.69, 9.17) is 16.7 Å². The van der Waals surface area contributed by atoms with Gasteiger partial charge in [-0.25, -0.2) is 4.68 Å². The Balaban J connectivity index is 1.89. The second kappa shape index (κ2) is 5.14. The molecule has 5 heteroatoms. The molecule has 0 saturated carbocycles. The summed E-state index contributed by atoms with van der Waals surface area (Å²) in [5.41, 5.74) is 4.48. The van der Waals surface area contributed by atoms with Crippen molar-refractivity contribution in [3.8, 4) is 16.3 Å². The Bertz CT molecular complexity index is 863. The minimum absolute atomic E-state index is 0.772. The number of benzene rings is 1. The standard InChI is InChI=1S/C17H16ClN3S/c1-10-3-5-12(9-14(10)18)21-17-13(7-8-19-17)16(20-21)15-6-4-11(2)22-15/h3-6,9,19H,7-8H2,1-2H3. The van der Waals surface area contributed by atoms with E-state index in [9.17, 15) is 0 Å². The number of nitrogens with zero attached hydrogens (tertiary/aromatic N) is 2. The van der Waals surface area contributed by atoms with Crippen molar-refractivity contribution in [2.45, 2.75) is 20.3 Å². The number of aryl methyl sites for hydroxylation is 2. The van der Waals surface area contributed by atoms with Crippen LogP contribution in [0, 0.1) is 13.8 Å². The van der Waals surface area contributed by atoms with E-state index >= 15 is 0 Å². The van der Waals surface area contributed by atoms with Gasteiger partial charge in [0.25, 0.3) is 0 Å². The molecule has 1 N–H and O–H groups in total. The summed E-state index contributed by atoms with van der Waals surface area (Å²) >= 11 is 8.07. The molecular weight excluding hydrogens is 314 g/mol. The molecule has 1 aromatic carbocycles. The van der Waals surface area contributed by atoms with Gasteiger partial charge in [0, 0.05) is 22.0 Å². The fourth-order valence-corrected chi connectivity index (χ4v) is 3.89. The first kappa shape index (κ1) is 13.9. The maximum absolute atomic E-state index is 6.28. The summed E-state index contributed by atoms with van der Waals surface area (Å²) in [6, 6.07) is 10.4. The van der Waals surface area contributed by atoms with Crippen molar-refractivity contribution >= 4 is 28.8 Å². The first-order valence-electron chi connectivity index (χ1n) is 7.32. The summed E-state index contributed by atoms with van der Waals surface area (Å²) in [7, 11) is 0. The van der Waals surface area contributed by atoms with Crippen LogP contribution in [0.3, 0.4) is 0 Å². The van der Waals surface area contributed by atoms with Gasteiger partial charge in [0.1, 0.15) is 11.5 Å². The molecule has 4 rings (SSSR count). The van der Waals surface area contributed by atoms with Crippen molar-refractivity contribution in [2.75, 3.05) is 11.9 Å². The molecule has 0 aliphatic carbocycles. The van der Waals surface area contributed by atoms with Crippen LogP contribution in [0.1, 0.15) is 16.0 Å². The predicted octanol–water partition coefficient (Wildman–Crippen LogP) is 4.84. The fourth-order valence-electron chi connectivity index (χ4n) is 2.83. The molecule has 0 bridgehead atoms. The first-order valence-corrected chi connectivity index (χ1v) is 8.52. The van der Waals surface area contributed by atoms with Gasteiger partial charge in [-0.2, -0.15) is 5.10 Å². The third-order valence-corrected chi connectivity index (χ3v) is 5.44. The average molecular weight is 330 g/mol. The lowest BCUT2D eigenvalue weighted by atomic mass is 10.2. The number of fused-ring (bicyclic) bond motifs is 1. The molecule has 0 unspecified atom stereocenters. The summed E-state index contributed by atoms with van der Waals surface area (Å²) in [5.74, 6) is 1.10. The minimum Gasteiger partial charge on any atom is -0.369 e. The number of halogens is 1. The first-order chi connectivity index (χ1) is 10.6. The average Bonchev–Trinajstić information content (AvgIpc) is 3.17. The van der Waals surface area contributed by atoms with Gasteiger partial charge in [0.15, 0.2) is 0 Å². The largest absolute Gasteiger partial charge is 0.369 e. The van der Waals surface area contributed by atoms with Crippen molar-refractivity contribution < 1.29 is 0 Å². The minimum atomic E-state index is 0.772. The Hall–Kier alpha value is -1.78. The van der Waals surface area contributed by atoms with Crippen LogP contribution in [0.2, 0.25) is 5.02 Å². The number of anilines is 1. The van der Waals surface area contributed by atoms with Gasteiger partial charge in [0.05, 0.1) is 10.6 Å². The number of nitrogens with one attached hydrogen (secondary N) is 1. The van der Waals surface area contributed by atoms with E-state index < -0.39 is 0 Å². The molecule has 0 saturated heterocycles. The van der Waals surface area contributed by atoms with E-state index in [0.29, 0.717) is 0 Å². The van der Waals surface area contributed by atoms with Crippen molar-refractivity contribution in [3.63, 3.8) is 0 Å². The fraction of sp³-hybridized carbons (Fsp3) is 0.235. The molecule has 3 nitrogen and oxygen atoms in total. The summed E-state index contributed by atoms with van der Waals surface area (Å²) in [4.78, 5) is 2.54. The summed E-state index contributed by atoms with van der Waals surface area (Å²) in [5, 5.41) is 9.09. The third kappa shape index (κ3) is 2.14. The van der Waals surface area contributed by atoms with E-state index in [1.54, 1.807) is 11.3 Å². The van der Waals surface area contributed by atoms with Crippen molar-refractivity contribution in [2.24, 2.45) is 0 Å².